The Morgan fingerprint density at radius 1 is 1.06 bits per heavy atom. The van der Waals surface area contributed by atoms with Gasteiger partial charge in [0, 0.05) is 12.5 Å². The first kappa shape index (κ1) is 22.1. The Bertz CT molecular complexity index is 1140. The van der Waals surface area contributed by atoms with Gasteiger partial charge in [-0.1, -0.05) is 23.8 Å². The Hall–Kier alpha value is -3.14. The van der Waals surface area contributed by atoms with Gasteiger partial charge in [-0.3, -0.25) is 10.0 Å². The summed E-state index contributed by atoms with van der Waals surface area (Å²) in [5, 5.41) is 9.26. The van der Waals surface area contributed by atoms with Crippen molar-refractivity contribution in [3.63, 3.8) is 0 Å². The lowest BCUT2D eigenvalue weighted by Gasteiger charge is -2.41. The average Bonchev–Trinajstić information content (AvgIpc) is 2.83. The molecule has 1 amide bonds. The van der Waals surface area contributed by atoms with Gasteiger partial charge in [-0.25, -0.2) is 13.9 Å². The number of nitrogens with one attached hydrogen (secondary N) is 1. The fourth-order valence-electron chi connectivity index (χ4n) is 4.12. The molecule has 4 rings (SSSR count). The monoisotopic (exact) mass is 456 g/mol. The molecule has 2 N–H and O–H groups in total. The van der Waals surface area contributed by atoms with Gasteiger partial charge < -0.3 is 9.47 Å². The molecule has 0 saturated carbocycles. The topological polar surface area (TPSA) is 105 Å². The van der Waals surface area contributed by atoms with Crippen LogP contribution >= 0.6 is 0 Å². The minimum atomic E-state index is -3.98. The first-order chi connectivity index (χ1) is 15.4. The van der Waals surface area contributed by atoms with E-state index in [1.165, 1.54) is 16.4 Å². The molecule has 0 radical (unpaired) electrons. The Kier molecular flexibility index (Phi) is 6.31. The van der Waals surface area contributed by atoms with Crippen LogP contribution in [0.1, 0.15) is 12.8 Å². The zero-order chi connectivity index (χ0) is 22.7. The van der Waals surface area contributed by atoms with Gasteiger partial charge in [0.1, 0.15) is 23.3 Å². The zero-order valence-electron chi connectivity index (χ0n) is 17.5. The summed E-state index contributed by atoms with van der Waals surface area (Å²) in [4.78, 5) is 12.5. The van der Waals surface area contributed by atoms with Crippen molar-refractivity contribution in [3.05, 3.63) is 72.3 Å². The molecule has 2 unspecified atom stereocenters. The molecule has 1 aliphatic carbocycles. The highest BCUT2D eigenvalue weighted by Gasteiger charge is 2.45. The normalized spacial score (nSPS) is 20.8. The molecule has 32 heavy (non-hydrogen) atoms. The van der Waals surface area contributed by atoms with Crippen molar-refractivity contribution < 1.29 is 27.9 Å². The Balaban J connectivity index is 1.57. The van der Waals surface area contributed by atoms with Gasteiger partial charge in [0.2, 0.25) is 10.0 Å². The zero-order valence-corrected chi connectivity index (χ0v) is 18.3. The number of fused-ring (bicyclic) bond motifs is 1. The highest BCUT2D eigenvalue weighted by Crippen LogP contribution is 2.37. The predicted molar refractivity (Wildman–Crippen MR) is 117 cm³/mol. The van der Waals surface area contributed by atoms with Crippen LogP contribution in [0.3, 0.4) is 0 Å². The molecular weight excluding hydrogens is 432 g/mol. The Morgan fingerprint density at radius 2 is 1.69 bits per heavy atom. The molecule has 1 fully saturated rings. The summed E-state index contributed by atoms with van der Waals surface area (Å²) in [6.07, 6.45) is 6.78. The fraction of sp³-hybridized carbons (Fsp3) is 0.261. The molecule has 2 aromatic rings. The maximum absolute atomic E-state index is 13.4. The maximum Gasteiger partial charge on any atom is 0.262 e. The summed E-state index contributed by atoms with van der Waals surface area (Å²) in [6, 6.07) is 12.0. The highest BCUT2D eigenvalue weighted by molar-refractivity contribution is 7.89. The van der Waals surface area contributed by atoms with E-state index in [2.05, 4.69) is 0 Å². The standard InChI is InChI=1S/C23H24N2O6S/c1-30-17-6-8-18(9-7-17)31-19-10-12-20(13-11-19)32(28,29)25-15-14-16-4-2-3-5-21(16)22(25)23(26)24-27/h2-4,6-13,21-22,27H,5,14-15H2,1H3,(H,24,26). The van der Waals surface area contributed by atoms with Crippen molar-refractivity contribution >= 4 is 15.9 Å². The lowest BCUT2D eigenvalue weighted by molar-refractivity contribution is -0.135. The number of hydroxylamine groups is 1. The van der Waals surface area contributed by atoms with Crippen LogP contribution in [0.15, 0.2) is 77.2 Å². The molecule has 0 spiro atoms. The summed E-state index contributed by atoms with van der Waals surface area (Å²) in [7, 11) is -2.40. The first-order valence-electron chi connectivity index (χ1n) is 10.2. The molecule has 2 aromatic carbocycles. The van der Waals surface area contributed by atoms with Crippen LogP contribution in [0.2, 0.25) is 0 Å². The number of piperidine rings is 1. The highest BCUT2D eigenvalue weighted by atomic mass is 32.2. The summed E-state index contributed by atoms with van der Waals surface area (Å²) >= 11 is 0. The van der Waals surface area contributed by atoms with Crippen molar-refractivity contribution in [1.29, 1.82) is 0 Å². The van der Waals surface area contributed by atoms with Gasteiger partial charge in [0.25, 0.3) is 5.91 Å². The van der Waals surface area contributed by atoms with Crippen LogP contribution in [-0.4, -0.2) is 43.5 Å². The summed E-state index contributed by atoms with van der Waals surface area (Å²) in [6.45, 7) is 0.153. The number of amides is 1. The SMILES string of the molecule is COc1ccc(Oc2ccc(S(=O)(=O)N3CCC4=CC=CCC4C3C(=O)NO)cc2)cc1. The minimum Gasteiger partial charge on any atom is -0.497 e. The number of hydrogen-bond acceptors (Lipinski definition) is 6. The van der Waals surface area contributed by atoms with Crippen molar-refractivity contribution in [2.45, 2.75) is 23.8 Å². The number of hydrogen-bond donors (Lipinski definition) is 2. The third kappa shape index (κ3) is 4.27. The number of carbonyl (C=O) groups excluding carboxylic acids is 1. The second kappa shape index (κ2) is 9.15. The van der Waals surface area contributed by atoms with Crippen LogP contribution in [0.4, 0.5) is 0 Å². The molecule has 168 valence electrons. The van der Waals surface area contributed by atoms with Crippen LogP contribution in [0, 0.1) is 5.92 Å². The number of benzene rings is 2. The smallest absolute Gasteiger partial charge is 0.262 e. The number of methoxy groups -OCH3 is 1. The maximum atomic E-state index is 13.4. The van der Waals surface area contributed by atoms with E-state index in [4.69, 9.17) is 9.47 Å². The molecule has 2 aliphatic rings. The van der Waals surface area contributed by atoms with E-state index in [-0.39, 0.29) is 17.4 Å². The fourth-order valence-corrected chi connectivity index (χ4v) is 5.74. The minimum absolute atomic E-state index is 0.0501. The van der Waals surface area contributed by atoms with E-state index in [1.807, 2.05) is 18.2 Å². The van der Waals surface area contributed by atoms with Gasteiger partial charge in [0.15, 0.2) is 0 Å². The molecule has 0 bridgehead atoms. The largest absolute Gasteiger partial charge is 0.497 e. The lowest BCUT2D eigenvalue weighted by atomic mass is 9.80. The number of nitrogens with zero attached hydrogens (tertiary/aromatic N) is 1. The second-order valence-electron chi connectivity index (χ2n) is 7.55. The molecule has 9 heteroatoms. The molecular formula is C23H24N2O6S. The molecule has 0 aromatic heterocycles. The molecule has 1 saturated heterocycles. The number of allylic oxidation sites excluding steroid dienone is 3. The van der Waals surface area contributed by atoms with E-state index < -0.39 is 22.0 Å². The van der Waals surface area contributed by atoms with E-state index in [9.17, 15) is 18.4 Å². The van der Waals surface area contributed by atoms with Gasteiger partial charge in [-0.15, -0.1) is 0 Å². The quantitative estimate of drug-likeness (QED) is 0.511. The van der Waals surface area contributed by atoms with E-state index in [1.54, 1.807) is 49.0 Å². The number of carbonyl (C=O) groups is 1. The average molecular weight is 457 g/mol. The predicted octanol–water partition coefficient (Wildman–Crippen LogP) is 3.26. The van der Waals surface area contributed by atoms with E-state index in [0.29, 0.717) is 30.1 Å². The number of rotatable bonds is 6. The number of ether oxygens (including phenoxy) is 2. The Labute approximate surface area is 186 Å². The molecule has 1 aliphatic heterocycles. The first-order valence-corrected chi connectivity index (χ1v) is 11.6. The van der Waals surface area contributed by atoms with Crippen molar-refractivity contribution in [2.24, 2.45) is 5.92 Å². The molecule has 1 heterocycles. The van der Waals surface area contributed by atoms with Crippen molar-refractivity contribution in [2.75, 3.05) is 13.7 Å². The van der Waals surface area contributed by atoms with E-state index in [0.717, 1.165) is 5.57 Å². The number of sulfonamides is 1. The van der Waals surface area contributed by atoms with Gasteiger partial charge >= 0.3 is 0 Å². The van der Waals surface area contributed by atoms with Crippen LogP contribution in [0.25, 0.3) is 0 Å². The van der Waals surface area contributed by atoms with Gasteiger partial charge in [-0.2, -0.15) is 4.31 Å². The summed E-state index contributed by atoms with van der Waals surface area (Å²) < 4.78 is 38.9. The van der Waals surface area contributed by atoms with Gasteiger partial charge in [-0.05, 0) is 61.4 Å². The third-order valence-corrected chi connectivity index (χ3v) is 7.62. The van der Waals surface area contributed by atoms with Crippen LogP contribution in [0.5, 0.6) is 17.2 Å². The van der Waals surface area contributed by atoms with Crippen molar-refractivity contribution in [3.8, 4) is 17.2 Å². The third-order valence-electron chi connectivity index (χ3n) is 5.73. The lowest BCUT2D eigenvalue weighted by Crippen LogP contribution is -2.56. The van der Waals surface area contributed by atoms with E-state index >= 15 is 0 Å². The molecule has 8 nitrogen and oxygen atoms in total. The van der Waals surface area contributed by atoms with Gasteiger partial charge in [0.05, 0.1) is 12.0 Å². The molecule has 2 atom stereocenters. The van der Waals surface area contributed by atoms with Crippen molar-refractivity contribution in [1.82, 2.24) is 9.79 Å². The summed E-state index contributed by atoms with van der Waals surface area (Å²) in [5.74, 6) is 0.711. The van der Waals surface area contributed by atoms with Crippen LogP contribution in [-0.2, 0) is 14.8 Å². The summed E-state index contributed by atoms with van der Waals surface area (Å²) in [5.41, 5.74) is 2.65. The Morgan fingerprint density at radius 3 is 2.31 bits per heavy atom. The van der Waals surface area contributed by atoms with Crippen LogP contribution < -0.4 is 15.0 Å². The second-order valence-corrected chi connectivity index (χ2v) is 9.44.